The maximum absolute atomic E-state index is 14.1. The predicted molar refractivity (Wildman–Crippen MR) is 87.3 cm³/mol. The van der Waals surface area contributed by atoms with Crippen LogP contribution in [0, 0.1) is 5.82 Å². The Kier molecular flexibility index (Phi) is 3.72. The van der Waals surface area contributed by atoms with E-state index in [1.165, 1.54) is 10.8 Å². The van der Waals surface area contributed by atoms with E-state index in [2.05, 4.69) is 25.5 Å². The first-order chi connectivity index (χ1) is 11.7. The minimum Gasteiger partial charge on any atom is -0.365 e. The van der Waals surface area contributed by atoms with E-state index in [0.717, 1.165) is 31.9 Å². The minimum absolute atomic E-state index is 0.214. The summed E-state index contributed by atoms with van der Waals surface area (Å²) in [6.07, 6.45) is 8.34. The fourth-order valence-electron chi connectivity index (χ4n) is 3.09. The largest absolute Gasteiger partial charge is 0.365 e. The van der Waals surface area contributed by atoms with Crippen molar-refractivity contribution in [3.05, 3.63) is 40.8 Å². The summed E-state index contributed by atoms with van der Waals surface area (Å²) in [6, 6.07) is 3.69. The number of hydrogen-bond acceptors (Lipinski definition) is 5. The number of pyridine rings is 1. The fourth-order valence-corrected chi connectivity index (χ4v) is 3.09. The number of fused-ring (bicyclic) bond motifs is 1. The van der Waals surface area contributed by atoms with Crippen molar-refractivity contribution in [2.45, 2.75) is 38.1 Å². The molecule has 0 atom stereocenters. The molecule has 0 amide bonds. The van der Waals surface area contributed by atoms with E-state index in [9.17, 15) is 9.18 Å². The molecule has 0 aliphatic heterocycles. The van der Waals surface area contributed by atoms with Crippen LogP contribution >= 0.6 is 0 Å². The normalized spacial score (nSPS) is 15.7. The molecule has 3 aromatic rings. The molecule has 3 aromatic heterocycles. The lowest BCUT2D eigenvalue weighted by Crippen LogP contribution is -2.23. The van der Waals surface area contributed by atoms with Crippen LogP contribution < -0.4 is 11.0 Å². The number of rotatable bonds is 3. The zero-order valence-corrected chi connectivity index (χ0v) is 13.0. The van der Waals surface area contributed by atoms with E-state index in [1.807, 2.05) is 0 Å². The van der Waals surface area contributed by atoms with Crippen molar-refractivity contribution in [1.29, 1.82) is 0 Å². The van der Waals surface area contributed by atoms with E-state index >= 15 is 0 Å². The van der Waals surface area contributed by atoms with Gasteiger partial charge in [0.25, 0.3) is 0 Å². The first-order valence-electron chi connectivity index (χ1n) is 8.07. The van der Waals surface area contributed by atoms with Gasteiger partial charge in [-0.1, -0.05) is 19.3 Å². The molecular weight excluding hydrogens is 311 g/mol. The molecule has 0 saturated heterocycles. The fraction of sp³-hybridized carbons (Fsp3) is 0.375. The van der Waals surface area contributed by atoms with E-state index < -0.39 is 5.82 Å². The molecule has 0 bridgehead atoms. The van der Waals surface area contributed by atoms with Gasteiger partial charge >= 0.3 is 5.69 Å². The summed E-state index contributed by atoms with van der Waals surface area (Å²) in [7, 11) is 0. The second kappa shape index (κ2) is 6.03. The summed E-state index contributed by atoms with van der Waals surface area (Å²) in [5.41, 5.74) is 0.790. The third kappa shape index (κ3) is 2.75. The number of nitrogens with one attached hydrogen (secondary N) is 2. The van der Waals surface area contributed by atoms with Gasteiger partial charge < -0.3 is 5.32 Å². The lowest BCUT2D eigenvalue weighted by Gasteiger charge is -2.23. The number of anilines is 1. The number of H-pyrrole nitrogens is 1. The van der Waals surface area contributed by atoms with Gasteiger partial charge in [0.2, 0.25) is 0 Å². The van der Waals surface area contributed by atoms with Gasteiger partial charge in [-0.15, -0.1) is 0 Å². The van der Waals surface area contributed by atoms with Crippen LogP contribution in [0.15, 0.2) is 29.3 Å². The molecule has 1 fully saturated rings. The number of nitrogens with zero attached hydrogens (tertiary/aromatic N) is 4. The summed E-state index contributed by atoms with van der Waals surface area (Å²) in [5.74, 6) is 0.113. The lowest BCUT2D eigenvalue weighted by atomic mass is 9.95. The summed E-state index contributed by atoms with van der Waals surface area (Å²) < 4.78 is 15.4. The topological polar surface area (TPSA) is 88.0 Å². The third-order valence-electron chi connectivity index (χ3n) is 4.36. The van der Waals surface area contributed by atoms with Crippen molar-refractivity contribution in [3.63, 3.8) is 0 Å². The molecule has 8 heteroatoms. The predicted octanol–water partition coefficient (Wildman–Crippen LogP) is 2.36. The van der Waals surface area contributed by atoms with Gasteiger partial charge in [0, 0.05) is 17.8 Å². The quantitative estimate of drug-likeness (QED) is 0.770. The molecule has 0 aromatic carbocycles. The van der Waals surface area contributed by atoms with E-state index in [4.69, 9.17) is 0 Å². The van der Waals surface area contributed by atoms with Gasteiger partial charge in [-0.3, -0.25) is 0 Å². The third-order valence-corrected chi connectivity index (χ3v) is 4.36. The summed E-state index contributed by atoms with van der Waals surface area (Å²) in [6.45, 7) is 0. The highest BCUT2D eigenvalue weighted by Crippen LogP contribution is 2.23. The molecule has 1 aliphatic rings. The average Bonchev–Trinajstić information content (AvgIpc) is 2.98. The molecule has 124 valence electrons. The SMILES string of the molecule is O=c1[nH]nc2ccc(-c3ncc(F)c(NC4CCCCC4)n3)cn12. The number of aromatic nitrogens is 5. The Hall–Kier alpha value is -2.77. The molecule has 7 nitrogen and oxygen atoms in total. The lowest BCUT2D eigenvalue weighted by molar-refractivity contribution is 0.459. The molecule has 1 aliphatic carbocycles. The van der Waals surface area contributed by atoms with E-state index in [1.54, 1.807) is 18.3 Å². The van der Waals surface area contributed by atoms with Crippen molar-refractivity contribution in [2.24, 2.45) is 0 Å². The van der Waals surface area contributed by atoms with Gasteiger partial charge in [-0.25, -0.2) is 28.7 Å². The molecule has 24 heavy (non-hydrogen) atoms. The van der Waals surface area contributed by atoms with Crippen molar-refractivity contribution in [2.75, 3.05) is 5.32 Å². The van der Waals surface area contributed by atoms with Crippen LogP contribution in [0.25, 0.3) is 17.0 Å². The van der Waals surface area contributed by atoms with Crippen LogP contribution in [-0.2, 0) is 0 Å². The number of halogens is 1. The Morgan fingerprint density at radius 2 is 2.08 bits per heavy atom. The molecule has 3 heterocycles. The highest BCUT2D eigenvalue weighted by Gasteiger charge is 2.17. The molecule has 0 radical (unpaired) electrons. The molecule has 0 spiro atoms. The Morgan fingerprint density at radius 3 is 2.92 bits per heavy atom. The summed E-state index contributed by atoms with van der Waals surface area (Å²) in [5, 5.41) is 9.44. The van der Waals surface area contributed by atoms with E-state index in [-0.39, 0.29) is 17.5 Å². The average molecular weight is 328 g/mol. The molecule has 2 N–H and O–H groups in total. The van der Waals surface area contributed by atoms with Gasteiger partial charge in [-0.2, -0.15) is 5.10 Å². The van der Waals surface area contributed by atoms with Crippen LogP contribution in [0.2, 0.25) is 0 Å². The van der Waals surface area contributed by atoms with Crippen LogP contribution in [-0.4, -0.2) is 30.6 Å². The number of hydrogen-bond donors (Lipinski definition) is 2. The van der Waals surface area contributed by atoms with Crippen LogP contribution in [0.5, 0.6) is 0 Å². The van der Waals surface area contributed by atoms with Gasteiger partial charge in [0.05, 0.1) is 6.20 Å². The van der Waals surface area contributed by atoms with Crippen molar-refractivity contribution in [3.8, 4) is 11.4 Å². The van der Waals surface area contributed by atoms with Crippen molar-refractivity contribution >= 4 is 11.5 Å². The Morgan fingerprint density at radius 1 is 1.25 bits per heavy atom. The maximum Gasteiger partial charge on any atom is 0.347 e. The van der Waals surface area contributed by atoms with Gasteiger partial charge in [0.15, 0.2) is 23.1 Å². The maximum atomic E-state index is 14.1. The standard InChI is InChI=1S/C16H17FN6O/c17-12-8-18-14(20-15(12)19-11-4-2-1-3-5-11)10-6-7-13-21-22-16(24)23(13)9-10/h6-9,11H,1-5H2,(H,22,24)(H,18,19,20). The monoisotopic (exact) mass is 328 g/mol. The second-order valence-electron chi connectivity index (χ2n) is 6.04. The molecule has 4 rings (SSSR count). The van der Waals surface area contributed by atoms with Gasteiger partial charge in [0.1, 0.15) is 0 Å². The van der Waals surface area contributed by atoms with Crippen LogP contribution in [0.1, 0.15) is 32.1 Å². The molecule has 0 unspecified atom stereocenters. The Balaban J connectivity index is 1.68. The number of aromatic amines is 1. The van der Waals surface area contributed by atoms with Crippen LogP contribution in [0.3, 0.4) is 0 Å². The smallest absolute Gasteiger partial charge is 0.347 e. The van der Waals surface area contributed by atoms with E-state index in [0.29, 0.717) is 17.0 Å². The highest BCUT2D eigenvalue weighted by molar-refractivity contribution is 5.59. The van der Waals surface area contributed by atoms with Gasteiger partial charge in [-0.05, 0) is 25.0 Å². The molecular formula is C16H17FN6O. The first kappa shape index (κ1) is 14.8. The van der Waals surface area contributed by atoms with Crippen molar-refractivity contribution < 1.29 is 4.39 Å². The van der Waals surface area contributed by atoms with Crippen molar-refractivity contribution in [1.82, 2.24) is 24.6 Å². The van der Waals surface area contributed by atoms with Crippen LogP contribution in [0.4, 0.5) is 10.2 Å². The zero-order valence-electron chi connectivity index (χ0n) is 13.0. The second-order valence-corrected chi connectivity index (χ2v) is 6.04. The summed E-state index contributed by atoms with van der Waals surface area (Å²) >= 11 is 0. The Bertz CT molecular complexity index is 928. The molecule has 1 saturated carbocycles. The first-order valence-corrected chi connectivity index (χ1v) is 8.07. The zero-order chi connectivity index (χ0) is 16.5. The minimum atomic E-state index is -0.467. The highest BCUT2D eigenvalue weighted by atomic mass is 19.1. The summed E-state index contributed by atoms with van der Waals surface area (Å²) in [4.78, 5) is 20.0. The Labute approximate surface area is 137 Å².